The van der Waals surface area contributed by atoms with Crippen LogP contribution in [0.3, 0.4) is 0 Å². The second-order valence-corrected chi connectivity index (χ2v) is 8.78. The number of carboxylic acid groups (broad SMARTS) is 1. The Balaban J connectivity index is 0.000000555. The van der Waals surface area contributed by atoms with Crippen molar-refractivity contribution >= 4 is 38.6 Å². The molecule has 12 nitrogen and oxygen atoms in total. The fourth-order valence-corrected chi connectivity index (χ4v) is 3.83. The molecule has 2 saturated heterocycles. The van der Waals surface area contributed by atoms with Crippen LogP contribution in [-0.2, 0) is 15.1 Å². The number of carbonyl (C=O) groups is 1. The van der Waals surface area contributed by atoms with Gasteiger partial charge in [-0.05, 0) is 5.92 Å². The number of nitrogen functional groups attached to an aromatic ring is 1. The van der Waals surface area contributed by atoms with Gasteiger partial charge >= 0.3 is 16.4 Å². The van der Waals surface area contributed by atoms with Gasteiger partial charge in [0.25, 0.3) is 0 Å². The maximum absolute atomic E-state index is 15.6. The van der Waals surface area contributed by atoms with Gasteiger partial charge in [0.2, 0.25) is 5.43 Å². The number of nitrogens with two attached hydrogens (primary N) is 2. The molecule has 0 aliphatic carbocycles. The van der Waals surface area contributed by atoms with Crippen LogP contribution in [0.2, 0.25) is 0 Å². The number of hydrogen-bond acceptors (Lipinski definition) is 8. The minimum Gasteiger partial charge on any atom is -0.477 e. The molecule has 2 atom stereocenters. The third-order valence-corrected chi connectivity index (χ3v) is 5.60. The normalized spacial score (nSPS) is 21.0. The summed E-state index contributed by atoms with van der Waals surface area (Å²) in [5, 5.41) is 8.87. The molecule has 2 aromatic rings. The van der Waals surface area contributed by atoms with Gasteiger partial charge in [-0.3, -0.25) is 13.9 Å². The van der Waals surface area contributed by atoms with Gasteiger partial charge in [0.1, 0.15) is 11.3 Å². The zero-order valence-corrected chi connectivity index (χ0v) is 18.1. The third-order valence-electron chi connectivity index (χ3n) is 5.60. The van der Waals surface area contributed by atoms with Crippen LogP contribution in [0.1, 0.15) is 23.3 Å². The van der Waals surface area contributed by atoms with Crippen molar-refractivity contribution in [3.8, 4) is 0 Å². The van der Waals surface area contributed by atoms with Crippen LogP contribution < -0.4 is 21.8 Å². The highest BCUT2D eigenvalue weighted by Crippen LogP contribution is 2.38. The van der Waals surface area contributed by atoms with Crippen molar-refractivity contribution in [2.75, 3.05) is 36.9 Å². The molecule has 0 radical (unpaired) electrons. The first-order valence-corrected chi connectivity index (χ1v) is 11.0. The maximum Gasteiger partial charge on any atom is 0.394 e. The molecular weight excluding hydrogens is 470 g/mol. The number of pyridine rings is 1. The van der Waals surface area contributed by atoms with Crippen molar-refractivity contribution in [3.05, 3.63) is 33.6 Å². The number of fused-ring (bicyclic) bond motifs is 1. The van der Waals surface area contributed by atoms with E-state index in [1.807, 2.05) is 6.92 Å². The Kier molecular flexibility index (Phi) is 6.63. The summed E-state index contributed by atoms with van der Waals surface area (Å²) in [6, 6.07) is -0.638. The molecule has 2 fully saturated rings. The summed E-state index contributed by atoms with van der Waals surface area (Å²) in [5.74, 6) is -3.51. The standard InChI is InChI=1S/C18H20F2N4O4.H2O4S/c1-7-2-23(4-10(7)21)16-12(19)14(22)11-15(13(16)20)24(8-5-28-6-8)3-9(17(11)25)18(26)27;1-5(2,3)4/h3,7-8,10H,2,4-6,21-22H2,1H3,(H,26,27);(H2,1,2,3,4)/t7-,10+;/m1./s1. The number of ether oxygens (including phenoxy) is 1. The highest BCUT2D eigenvalue weighted by Gasteiger charge is 2.35. The van der Waals surface area contributed by atoms with E-state index in [-0.39, 0.29) is 49.0 Å². The topological polar surface area (TPSA) is 198 Å². The fraction of sp³-hybridized carbons (Fsp3) is 0.444. The minimum atomic E-state index is -4.67. The number of carboxylic acids is 1. The van der Waals surface area contributed by atoms with Gasteiger partial charge in [0, 0.05) is 25.3 Å². The summed E-state index contributed by atoms with van der Waals surface area (Å²) >= 11 is 0. The van der Waals surface area contributed by atoms with Gasteiger partial charge in [-0.2, -0.15) is 8.42 Å². The van der Waals surface area contributed by atoms with Gasteiger partial charge in [0.05, 0.1) is 35.8 Å². The molecule has 2 aliphatic heterocycles. The Morgan fingerprint density at radius 3 is 2.21 bits per heavy atom. The second kappa shape index (κ2) is 8.83. The van der Waals surface area contributed by atoms with Crippen LogP contribution in [0.25, 0.3) is 10.9 Å². The molecule has 1 aromatic carbocycles. The van der Waals surface area contributed by atoms with E-state index in [1.165, 1.54) is 9.47 Å². The van der Waals surface area contributed by atoms with Gasteiger partial charge in [-0.15, -0.1) is 0 Å². The zero-order chi connectivity index (χ0) is 24.8. The summed E-state index contributed by atoms with van der Waals surface area (Å²) in [6.07, 6.45) is 1.07. The molecule has 4 rings (SSSR count). The average molecular weight is 492 g/mol. The Hall–Kier alpha value is -2.85. The number of halogens is 2. The fourth-order valence-electron chi connectivity index (χ4n) is 3.83. The smallest absolute Gasteiger partial charge is 0.394 e. The van der Waals surface area contributed by atoms with E-state index in [0.717, 1.165) is 6.20 Å². The van der Waals surface area contributed by atoms with Crippen LogP contribution >= 0.6 is 0 Å². The third kappa shape index (κ3) is 4.77. The molecule has 2 aliphatic rings. The van der Waals surface area contributed by atoms with Crippen LogP contribution in [0, 0.1) is 17.6 Å². The highest BCUT2D eigenvalue weighted by atomic mass is 32.3. The lowest BCUT2D eigenvalue weighted by molar-refractivity contribution is -0.0219. The molecule has 7 N–H and O–H groups in total. The first-order valence-electron chi connectivity index (χ1n) is 9.59. The average Bonchev–Trinajstić information content (AvgIpc) is 2.96. The summed E-state index contributed by atoms with van der Waals surface area (Å²) in [6.45, 7) is 2.89. The van der Waals surface area contributed by atoms with Crippen LogP contribution in [-0.4, -0.2) is 65.5 Å². The number of anilines is 2. The quantitative estimate of drug-likeness (QED) is 0.291. The van der Waals surface area contributed by atoms with Crippen molar-refractivity contribution in [1.82, 2.24) is 4.57 Å². The molecule has 1 aromatic heterocycles. The van der Waals surface area contributed by atoms with Gasteiger partial charge in [0.15, 0.2) is 11.6 Å². The molecule has 0 saturated carbocycles. The van der Waals surface area contributed by atoms with E-state index in [9.17, 15) is 14.7 Å². The second-order valence-electron chi connectivity index (χ2n) is 7.88. The van der Waals surface area contributed by atoms with E-state index in [2.05, 4.69) is 0 Å². The number of aromatic nitrogens is 1. The van der Waals surface area contributed by atoms with Gasteiger partial charge < -0.3 is 30.8 Å². The molecule has 0 bridgehead atoms. The van der Waals surface area contributed by atoms with Crippen LogP contribution in [0.4, 0.5) is 20.2 Å². The molecule has 0 unspecified atom stereocenters. The Morgan fingerprint density at radius 2 is 1.79 bits per heavy atom. The van der Waals surface area contributed by atoms with E-state index >= 15 is 8.78 Å². The zero-order valence-electron chi connectivity index (χ0n) is 17.2. The maximum atomic E-state index is 15.6. The van der Waals surface area contributed by atoms with Crippen molar-refractivity contribution < 1.29 is 40.9 Å². The number of rotatable bonds is 3. The Morgan fingerprint density at radius 1 is 1.21 bits per heavy atom. The molecule has 15 heteroatoms. The van der Waals surface area contributed by atoms with Crippen molar-refractivity contribution in [2.45, 2.75) is 19.0 Å². The van der Waals surface area contributed by atoms with Crippen molar-refractivity contribution in [1.29, 1.82) is 0 Å². The first-order chi connectivity index (χ1) is 15.2. The summed E-state index contributed by atoms with van der Waals surface area (Å²) in [7, 11) is -4.67. The largest absolute Gasteiger partial charge is 0.477 e. The van der Waals surface area contributed by atoms with E-state index in [1.54, 1.807) is 0 Å². The lowest BCUT2D eigenvalue weighted by Gasteiger charge is -2.31. The highest BCUT2D eigenvalue weighted by molar-refractivity contribution is 7.79. The molecule has 33 heavy (non-hydrogen) atoms. The minimum absolute atomic E-state index is 0.0207. The van der Waals surface area contributed by atoms with Crippen molar-refractivity contribution in [3.63, 3.8) is 0 Å². The van der Waals surface area contributed by atoms with Gasteiger partial charge in [-0.1, -0.05) is 6.92 Å². The number of aromatic carboxylic acids is 1. The predicted molar refractivity (Wildman–Crippen MR) is 113 cm³/mol. The summed E-state index contributed by atoms with van der Waals surface area (Å²) in [4.78, 5) is 25.6. The molecular formula is C18H22F2N4O8S. The summed E-state index contributed by atoms with van der Waals surface area (Å²) < 4.78 is 68.7. The first kappa shape index (κ1) is 24.8. The summed E-state index contributed by atoms with van der Waals surface area (Å²) in [5.41, 5.74) is 9.12. The lowest BCUT2D eigenvalue weighted by Crippen LogP contribution is -2.34. The Bertz CT molecular complexity index is 1260. The predicted octanol–water partition coefficient (Wildman–Crippen LogP) is 0.262. The van der Waals surface area contributed by atoms with Crippen molar-refractivity contribution in [2.24, 2.45) is 11.7 Å². The SMILES string of the molecule is C[C@@H]1CN(c2c(F)c(N)c3c(=O)c(C(=O)O)cn(C4COC4)c3c2F)C[C@@H]1N.O=S(=O)(O)O. The molecule has 3 heterocycles. The molecule has 0 spiro atoms. The van der Waals surface area contributed by atoms with E-state index < -0.39 is 50.1 Å². The Labute approximate surface area is 185 Å². The van der Waals surface area contributed by atoms with Gasteiger partial charge in [-0.25, -0.2) is 13.6 Å². The monoisotopic (exact) mass is 492 g/mol. The number of benzene rings is 1. The van der Waals surface area contributed by atoms with Crippen LogP contribution in [0.5, 0.6) is 0 Å². The molecule has 182 valence electrons. The van der Waals surface area contributed by atoms with E-state index in [0.29, 0.717) is 6.54 Å². The van der Waals surface area contributed by atoms with E-state index in [4.69, 9.17) is 33.7 Å². The number of hydrogen-bond donors (Lipinski definition) is 5. The van der Waals surface area contributed by atoms with Crippen LogP contribution in [0.15, 0.2) is 11.0 Å². The lowest BCUT2D eigenvalue weighted by atomic mass is 10.0. The molecule has 0 amide bonds. The number of nitrogens with zero attached hydrogens (tertiary/aromatic N) is 2.